The van der Waals surface area contributed by atoms with Gasteiger partial charge < -0.3 is 5.11 Å². The van der Waals surface area contributed by atoms with E-state index in [1.807, 2.05) is 6.07 Å². The molecule has 1 heteroatoms. The van der Waals surface area contributed by atoms with Crippen LogP contribution in [-0.4, -0.2) is 5.11 Å². The number of hydrogen-bond acceptors (Lipinski definition) is 1. The minimum Gasteiger partial charge on any atom is -0.385 e. The molecule has 0 spiro atoms. The Morgan fingerprint density at radius 3 is 2.65 bits per heavy atom. The number of rotatable bonds is 1. The van der Waals surface area contributed by atoms with Crippen LogP contribution in [0.2, 0.25) is 0 Å². The molecule has 0 radical (unpaired) electrons. The van der Waals surface area contributed by atoms with Crippen LogP contribution in [-0.2, 0) is 5.60 Å². The molecule has 1 aromatic rings. The maximum absolute atomic E-state index is 11.1. The fraction of sp³-hybridized carbons (Fsp3) is 0.625. The van der Waals surface area contributed by atoms with Crippen LogP contribution in [0.15, 0.2) is 30.3 Å². The van der Waals surface area contributed by atoms with Gasteiger partial charge in [-0.15, -0.1) is 0 Å². The molecule has 0 aliphatic heterocycles. The molecule has 0 amide bonds. The molecule has 0 heterocycles. The molecule has 5 atom stereocenters. The van der Waals surface area contributed by atoms with E-state index >= 15 is 0 Å². The molecule has 3 fully saturated rings. The SMILES string of the molecule is OC1(c2ccccc2)CC2CC1C1CCCC21. The molecule has 90 valence electrons. The highest BCUT2D eigenvalue weighted by atomic mass is 16.3. The molecule has 3 aliphatic rings. The van der Waals surface area contributed by atoms with Crippen LogP contribution in [0, 0.1) is 23.7 Å². The van der Waals surface area contributed by atoms with Crippen LogP contribution < -0.4 is 0 Å². The minimum atomic E-state index is -0.503. The van der Waals surface area contributed by atoms with Crippen LogP contribution in [0.1, 0.15) is 37.7 Å². The fourth-order valence-corrected chi connectivity index (χ4v) is 5.17. The highest BCUT2D eigenvalue weighted by Gasteiger charge is 2.60. The monoisotopic (exact) mass is 228 g/mol. The quantitative estimate of drug-likeness (QED) is 0.781. The van der Waals surface area contributed by atoms with Crippen LogP contribution in [0.25, 0.3) is 0 Å². The molecule has 0 aromatic heterocycles. The van der Waals surface area contributed by atoms with E-state index in [1.54, 1.807) is 0 Å². The zero-order valence-electron chi connectivity index (χ0n) is 10.2. The maximum atomic E-state index is 11.1. The summed E-state index contributed by atoms with van der Waals surface area (Å²) in [4.78, 5) is 0. The number of fused-ring (bicyclic) bond motifs is 5. The lowest BCUT2D eigenvalue weighted by atomic mass is 9.70. The first kappa shape index (κ1) is 10.1. The summed E-state index contributed by atoms with van der Waals surface area (Å²) in [5, 5.41) is 11.1. The van der Waals surface area contributed by atoms with Crippen molar-refractivity contribution in [3.8, 4) is 0 Å². The van der Waals surface area contributed by atoms with Crippen molar-refractivity contribution in [2.75, 3.05) is 0 Å². The summed E-state index contributed by atoms with van der Waals surface area (Å²) >= 11 is 0. The highest BCUT2D eigenvalue weighted by Crippen LogP contribution is 2.65. The molecule has 1 N–H and O–H groups in total. The third kappa shape index (κ3) is 1.24. The van der Waals surface area contributed by atoms with E-state index in [9.17, 15) is 5.11 Å². The first-order chi connectivity index (χ1) is 8.29. The molecule has 2 bridgehead atoms. The summed E-state index contributed by atoms with van der Waals surface area (Å²) in [6.07, 6.45) is 6.48. The first-order valence-electron chi connectivity index (χ1n) is 7.07. The zero-order valence-corrected chi connectivity index (χ0v) is 10.2. The van der Waals surface area contributed by atoms with Crippen molar-refractivity contribution < 1.29 is 5.11 Å². The van der Waals surface area contributed by atoms with Gasteiger partial charge in [0.2, 0.25) is 0 Å². The molecule has 3 aliphatic carbocycles. The molecular weight excluding hydrogens is 208 g/mol. The molecule has 4 rings (SSSR count). The van der Waals surface area contributed by atoms with Crippen molar-refractivity contribution in [1.29, 1.82) is 0 Å². The molecule has 5 unspecified atom stereocenters. The Balaban J connectivity index is 1.73. The average molecular weight is 228 g/mol. The Kier molecular flexibility index (Phi) is 2.00. The largest absolute Gasteiger partial charge is 0.385 e. The Morgan fingerprint density at radius 1 is 1.06 bits per heavy atom. The molecule has 1 aromatic carbocycles. The van der Waals surface area contributed by atoms with Crippen molar-refractivity contribution in [3.05, 3.63) is 35.9 Å². The van der Waals surface area contributed by atoms with Crippen LogP contribution in [0.4, 0.5) is 0 Å². The van der Waals surface area contributed by atoms with Crippen molar-refractivity contribution in [3.63, 3.8) is 0 Å². The lowest BCUT2D eigenvalue weighted by Gasteiger charge is -2.39. The van der Waals surface area contributed by atoms with Gasteiger partial charge in [0.25, 0.3) is 0 Å². The Labute approximate surface area is 103 Å². The van der Waals surface area contributed by atoms with E-state index in [0.29, 0.717) is 5.92 Å². The van der Waals surface area contributed by atoms with E-state index in [4.69, 9.17) is 0 Å². The van der Waals surface area contributed by atoms with Gasteiger partial charge in [-0.1, -0.05) is 36.8 Å². The van der Waals surface area contributed by atoms with E-state index in [0.717, 1.165) is 29.7 Å². The maximum Gasteiger partial charge on any atom is 0.0930 e. The molecule has 1 nitrogen and oxygen atoms in total. The van der Waals surface area contributed by atoms with Crippen molar-refractivity contribution >= 4 is 0 Å². The first-order valence-corrected chi connectivity index (χ1v) is 7.07. The highest BCUT2D eigenvalue weighted by molar-refractivity contribution is 5.28. The lowest BCUT2D eigenvalue weighted by molar-refractivity contribution is -0.0512. The molecule has 17 heavy (non-hydrogen) atoms. The smallest absolute Gasteiger partial charge is 0.0930 e. The third-order valence-electron chi connectivity index (χ3n) is 5.76. The minimum absolute atomic E-state index is 0.503. The Morgan fingerprint density at radius 2 is 1.82 bits per heavy atom. The van der Waals surface area contributed by atoms with Crippen molar-refractivity contribution in [2.45, 2.75) is 37.7 Å². The predicted octanol–water partition coefficient (Wildman–Crippen LogP) is 3.33. The van der Waals surface area contributed by atoms with Crippen LogP contribution in [0.5, 0.6) is 0 Å². The summed E-state index contributed by atoms with van der Waals surface area (Å²) in [6, 6.07) is 10.4. The second kappa shape index (κ2) is 3.35. The van der Waals surface area contributed by atoms with Gasteiger partial charge in [-0.2, -0.15) is 0 Å². The average Bonchev–Trinajstić information content (AvgIpc) is 3.00. The van der Waals surface area contributed by atoms with Crippen LogP contribution >= 0.6 is 0 Å². The van der Waals surface area contributed by atoms with Crippen molar-refractivity contribution in [2.24, 2.45) is 23.7 Å². The van der Waals surface area contributed by atoms with Gasteiger partial charge in [0.15, 0.2) is 0 Å². The van der Waals surface area contributed by atoms with Gasteiger partial charge in [-0.05, 0) is 54.9 Å². The van der Waals surface area contributed by atoms with E-state index in [-0.39, 0.29) is 0 Å². The van der Waals surface area contributed by atoms with Gasteiger partial charge >= 0.3 is 0 Å². The van der Waals surface area contributed by atoms with Crippen LogP contribution in [0.3, 0.4) is 0 Å². The van der Waals surface area contributed by atoms with Gasteiger partial charge in [0.1, 0.15) is 0 Å². The van der Waals surface area contributed by atoms with Gasteiger partial charge in [0.05, 0.1) is 5.60 Å². The lowest BCUT2D eigenvalue weighted by Crippen LogP contribution is -2.38. The molecule has 0 saturated heterocycles. The molecular formula is C16H20O. The summed E-state index contributed by atoms with van der Waals surface area (Å²) in [6.45, 7) is 0. The second-order valence-corrected chi connectivity index (χ2v) is 6.36. The fourth-order valence-electron chi connectivity index (χ4n) is 5.17. The van der Waals surface area contributed by atoms with E-state index < -0.39 is 5.60 Å². The summed E-state index contributed by atoms with van der Waals surface area (Å²) < 4.78 is 0. The second-order valence-electron chi connectivity index (χ2n) is 6.36. The predicted molar refractivity (Wildman–Crippen MR) is 67.4 cm³/mol. The number of aliphatic hydroxyl groups is 1. The van der Waals surface area contributed by atoms with E-state index in [2.05, 4.69) is 24.3 Å². The summed E-state index contributed by atoms with van der Waals surface area (Å²) in [7, 11) is 0. The normalized spacial score (nSPS) is 47.4. The van der Waals surface area contributed by atoms with E-state index in [1.165, 1.54) is 25.7 Å². The standard InChI is InChI=1S/C16H20O/c17-16(12-5-2-1-3-6-12)10-11-9-15(16)14-8-4-7-13(11)14/h1-3,5-6,11,13-15,17H,4,7-10H2. The third-order valence-corrected chi connectivity index (χ3v) is 5.76. The number of hydrogen-bond donors (Lipinski definition) is 1. The van der Waals surface area contributed by atoms with Crippen molar-refractivity contribution in [1.82, 2.24) is 0 Å². The Hall–Kier alpha value is -0.820. The zero-order chi connectivity index (χ0) is 11.5. The van der Waals surface area contributed by atoms with Gasteiger partial charge in [-0.3, -0.25) is 0 Å². The topological polar surface area (TPSA) is 20.2 Å². The Bertz CT molecular complexity index is 426. The summed E-state index contributed by atoms with van der Waals surface area (Å²) in [5.41, 5.74) is 0.662. The summed E-state index contributed by atoms with van der Waals surface area (Å²) in [5.74, 6) is 3.11. The van der Waals surface area contributed by atoms with Gasteiger partial charge in [-0.25, -0.2) is 0 Å². The molecule has 3 saturated carbocycles. The number of benzene rings is 1. The van der Waals surface area contributed by atoms with Gasteiger partial charge in [0, 0.05) is 0 Å².